The van der Waals surface area contributed by atoms with Gasteiger partial charge in [0.05, 0.1) is 22.6 Å². The lowest BCUT2D eigenvalue weighted by Gasteiger charge is -2.11. The Bertz CT molecular complexity index is 848. The fourth-order valence-electron chi connectivity index (χ4n) is 3.03. The molecule has 2 aromatic heterocycles. The number of rotatable bonds is 9. The summed E-state index contributed by atoms with van der Waals surface area (Å²) in [6, 6.07) is 9.48. The minimum atomic E-state index is 0.449. The molecule has 0 aromatic carbocycles. The Morgan fingerprint density at radius 2 is 2.21 bits per heavy atom. The minimum absolute atomic E-state index is 0.449. The monoisotopic (exact) mass is 375 g/mol. The largest absolute Gasteiger partial charge is 0.489 e. The molecule has 0 radical (unpaired) electrons. The zero-order valence-electron chi connectivity index (χ0n) is 15.9. The van der Waals surface area contributed by atoms with E-state index in [4.69, 9.17) is 15.0 Å². The van der Waals surface area contributed by atoms with Crippen molar-refractivity contribution in [2.75, 3.05) is 26.2 Å². The summed E-state index contributed by atoms with van der Waals surface area (Å²) < 4.78 is 5.72. The third kappa shape index (κ3) is 6.02. The number of hydrogen-bond acceptors (Lipinski definition) is 6. The third-order valence-electron chi connectivity index (χ3n) is 4.48. The van der Waals surface area contributed by atoms with Gasteiger partial charge in [0, 0.05) is 24.9 Å². The number of nitrogens with zero attached hydrogens (tertiary/aromatic N) is 3. The van der Waals surface area contributed by atoms with Crippen molar-refractivity contribution in [3.63, 3.8) is 0 Å². The average molecular weight is 375 g/mol. The minimum Gasteiger partial charge on any atom is -0.489 e. The summed E-state index contributed by atoms with van der Waals surface area (Å²) in [6.45, 7) is 8.00. The number of aromatic nitrogens is 2. The molecule has 144 valence electrons. The van der Waals surface area contributed by atoms with Crippen LogP contribution in [0.25, 0.3) is 12.2 Å². The van der Waals surface area contributed by atoms with Crippen LogP contribution in [0.2, 0.25) is 0 Å². The molecule has 1 unspecified atom stereocenters. The van der Waals surface area contributed by atoms with Crippen LogP contribution < -0.4 is 15.4 Å². The first-order chi connectivity index (χ1) is 13.8. The summed E-state index contributed by atoms with van der Waals surface area (Å²) in [5, 5.41) is 15.7. The fraction of sp³-hybridized carbons (Fsp3) is 0.318. The van der Waals surface area contributed by atoms with Gasteiger partial charge in [0.1, 0.15) is 18.4 Å². The number of nitriles is 1. The molecule has 0 aliphatic carbocycles. The molecule has 2 aromatic rings. The van der Waals surface area contributed by atoms with Gasteiger partial charge in [-0.25, -0.2) is 0 Å². The van der Waals surface area contributed by atoms with E-state index in [1.165, 1.54) is 6.42 Å². The van der Waals surface area contributed by atoms with E-state index in [1.54, 1.807) is 18.3 Å². The predicted molar refractivity (Wildman–Crippen MR) is 110 cm³/mol. The second kappa shape index (κ2) is 10.4. The van der Waals surface area contributed by atoms with Crippen molar-refractivity contribution in [3.8, 4) is 11.8 Å². The van der Waals surface area contributed by atoms with E-state index in [0.717, 1.165) is 42.5 Å². The fourth-order valence-corrected chi connectivity index (χ4v) is 3.03. The van der Waals surface area contributed by atoms with E-state index >= 15 is 0 Å². The van der Waals surface area contributed by atoms with Crippen LogP contribution in [0.1, 0.15) is 29.1 Å². The van der Waals surface area contributed by atoms with Crippen molar-refractivity contribution in [2.24, 2.45) is 5.92 Å². The van der Waals surface area contributed by atoms with Crippen molar-refractivity contribution in [1.29, 1.82) is 5.26 Å². The molecular formula is C22H25N5O. The molecule has 1 saturated heterocycles. The molecule has 0 saturated carbocycles. The van der Waals surface area contributed by atoms with E-state index in [9.17, 15) is 0 Å². The van der Waals surface area contributed by atoms with Crippen LogP contribution >= 0.6 is 0 Å². The zero-order chi connectivity index (χ0) is 19.6. The molecule has 1 atom stereocenters. The molecule has 6 nitrogen and oxygen atoms in total. The highest BCUT2D eigenvalue weighted by molar-refractivity contribution is 5.67. The SMILES string of the molecule is C=CCOc1cc(/C=C/c2ccc(C#N)cn2)nc(CNCC2CCNC2)c1. The Balaban J connectivity index is 1.69. The Kier molecular flexibility index (Phi) is 7.30. The van der Waals surface area contributed by atoms with Gasteiger partial charge in [0.2, 0.25) is 0 Å². The van der Waals surface area contributed by atoms with Gasteiger partial charge in [-0.2, -0.15) is 5.26 Å². The molecule has 3 heterocycles. The van der Waals surface area contributed by atoms with Gasteiger partial charge in [-0.1, -0.05) is 12.7 Å². The van der Waals surface area contributed by atoms with E-state index in [2.05, 4.69) is 28.3 Å². The molecule has 0 bridgehead atoms. The van der Waals surface area contributed by atoms with Crippen LogP contribution in [0.5, 0.6) is 5.75 Å². The molecule has 0 amide bonds. The summed E-state index contributed by atoms with van der Waals surface area (Å²) >= 11 is 0. The number of hydrogen-bond donors (Lipinski definition) is 2. The molecular weight excluding hydrogens is 350 g/mol. The highest BCUT2D eigenvalue weighted by Gasteiger charge is 2.13. The van der Waals surface area contributed by atoms with Gasteiger partial charge in [-0.15, -0.1) is 0 Å². The van der Waals surface area contributed by atoms with Gasteiger partial charge < -0.3 is 15.4 Å². The highest BCUT2D eigenvalue weighted by atomic mass is 16.5. The van der Waals surface area contributed by atoms with Crippen molar-refractivity contribution in [1.82, 2.24) is 20.6 Å². The standard InChI is InChI=1S/C22H25N5O/c1-2-9-28-22-10-20(6-5-19-4-3-17(12-23)15-26-19)27-21(11-22)16-25-14-18-7-8-24-13-18/h2-6,10-11,15,18,24-25H,1,7-9,13-14,16H2/b6-5+. The summed E-state index contributed by atoms with van der Waals surface area (Å²) in [6.07, 6.45) is 8.28. The summed E-state index contributed by atoms with van der Waals surface area (Å²) in [4.78, 5) is 8.96. The molecule has 3 rings (SSSR count). The van der Waals surface area contributed by atoms with Crippen molar-refractivity contribution < 1.29 is 4.74 Å². The van der Waals surface area contributed by atoms with Gasteiger partial charge in [0.15, 0.2) is 0 Å². The van der Waals surface area contributed by atoms with Crippen LogP contribution in [0, 0.1) is 17.2 Å². The number of pyridine rings is 2. The molecule has 2 N–H and O–H groups in total. The molecule has 1 aliphatic heterocycles. The van der Waals surface area contributed by atoms with Gasteiger partial charge >= 0.3 is 0 Å². The van der Waals surface area contributed by atoms with Crippen LogP contribution in [-0.4, -0.2) is 36.2 Å². The van der Waals surface area contributed by atoms with Crippen LogP contribution in [0.15, 0.2) is 43.1 Å². The number of ether oxygens (including phenoxy) is 1. The van der Waals surface area contributed by atoms with Crippen molar-refractivity contribution >= 4 is 12.2 Å². The smallest absolute Gasteiger partial charge is 0.123 e. The maximum absolute atomic E-state index is 8.86. The Morgan fingerprint density at radius 1 is 1.32 bits per heavy atom. The molecule has 1 aliphatic rings. The lowest BCUT2D eigenvalue weighted by atomic mass is 10.1. The lowest BCUT2D eigenvalue weighted by Crippen LogP contribution is -2.24. The second-order valence-electron chi connectivity index (χ2n) is 6.73. The molecule has 1 fully saturated rings. The zero-order valence-corrected chi connectivity index (χ0v) is 15.9. The Labute approximate surface area is 166 Å². The lowest BCUT2D eigenvalue weighted by molar-refractivity contribution is 0.362. The molecule has 6 heteroatoms. The van der Waals surface area contributed by atoms with Gasteiger partial charge in [-0.05, 0) is 56.3 Å². The quantitative estimate of drug-likeness (QED) is 0.656. The van der Waals surface area contributed by atoms with Gasteiger partial charge in [0.25, 0.3) is 0 Å². The molecule has 0 spiro atoms. The van der Waals surface area contributed by atoms with Crippen LogP contribution in [0.3, 0.4) is 0 Å². The van der Waals surface area contributed by atoms with Crippen LogP contribution in [0.4, 0.5) is 0 Å². The Hall–Kier alpha value is -3.01. The van der Waals surface area contributed by atoms with E-state index in [1.807, 2.05) is 30.4 Å². The predicted octanol–water partition coefficient (Wildman–Crippen LogP) is 2.78. The first-order valence-corrected chi connectivity index (χ1v) is 9.47. The van der Waals surface area contributed by atoms with Crippen molar-refractivity contribution in [3.05, 3.63) is 65.8 Å². The highest BCUT2D eigenvalue weighted by Crippen LogP contribution is 2.17. The normalized spacial score (nSPS) is 16.2. The van der Waals surface area contributed by atoms with E-state index in [-0.39, 0.29) is 0 Å². The first-order valence-electron chi connectivity index (χ1n) is 9.47. The van der Waals surface area contributed by atoms with E-state index in [0.29, 0.717) is 24.6 Å². The summed E-state index contributed by atoms with van der Waals surface area (Å²) in [5.74, 6) is 1.45. The van der Waals surface area contributed by atoms with Gasteiger partial charge in [-0.3, -0.25) is 9.97 Å². The number of nitrogens with one attached hydrogen (secondary N) is 2. The topological polar surface area (TPSA) is 82.9 Å². The maximum Gasteiger partial charge on any atom is 0.123 e. The maximum atomic E-state index is 8.86. The van der Waals surface area contributed by atoms with E-state index < -0.39 is 0 Å². The Morgan fingerprint density at radius 3 is 2.93 bits per heavy atom. The average Bonchev–Trinajstić information content (AvgIpc) is 3.24. The third-order valence-corrected chi connectivity index (χ3v) is 4.48. The summed E-state index contributed by atoms with van der Waals surface area (Å²) in [7, 11) is 0. The van der Waals surface area contributed by atoms with Crippen molar-refractivity contribution in [2.45, 2.75) is 13.0 Å². The molecule has 28 heavy (non-hydrogen) atoms. The second-order valence-corrected chi connectivity index (χ2v) is 6.73. The van der Waals surface area contributed by atoms with Crippen LogP contribution in [-0.2, 0) is 6.54 Å². The first kappa shape index (κ1) is 19.7. The summed E-state index contributed by atoms with van der Waals surface area (Å²) in [5.41, 5.74) is 3.04.